The van der Waals surface area contributed by atoms with E-state index in [9.17, 15) is 4.79 Å². The maximum absolute atomic E-state index is 12.4. The minimum atomic E-state index is -0.173. The van der Waals surface area contributed by atoms with Gasteiger partial charge < -0.3 is 0 Å². The number of ketones is 1. The van der Waals surface area contributed by atoms with Gasteiger partial charge in [-0.25, -0.2) is 0 Å². The van der Waals surface area contributed by atoms with Gasteiger partial charge in [0.05, 0.1) is 11.4 Å². The van der Waals surface area contributed by atoms with Crippen molar-refractivity contribution in [3.8, 4) is 0 Å². The van der Waals surface area contributed by atoms with Gasteiger partial charge in [0.1, 0.15) is 0 Å². The number of nitrogens with zero attached hydrogens (tertiary/aromatic N) is 1. The van der Waals surface area contributed by atoms with Crippen molar-refractivity contribution in [2.45, 2.75) is 13.8 Å². The first-order valence-corrected chi connectivity index (χ1v) is 5.72. The molecule has 3 rings (SSSR count). The molecule has 2 aliphatic rings. The molecule has 0 aromatic heterocycles. The van der Waals surface area contributed by atoms with Crippen molar-refractivity contribution >= 4 is 17.2 Å². The number of carbonyl (C=O) groups excluding carboxylic acids is 1. The Bertz CT molecular complexity index is 603. The van der Waals surface area contributed by atoms with E-state index in [1.165, 1.54) is 0 Å². The van der Waals surface area contributed by atoms with Gasteiger partial charge in [0.15, 0.2) is 5.78 Å². The molecule has 0 N–H and O–H groups in total. The summed E-state index contributed by atoms with van der Waals surface area (Å²) < 4.78 is 0. The first-order valence-electron chi connectivity index (χ1n) is 5.72. The van der Waals surface area contributed by atoms with Crippen LogP contribution >= 0.6 is 0 Å². The third-order valence-corrected chi connectivity index (χ3v) is 3.27. The average molecular weight is 223 g/mol. The van der Waals surface area contributed by atoms with Gasteiger partial charge in [-0.05, 0) is 18.2 Å². The van der Waals surface area contributed by atoms with Crippen LogP contribution in [0.3, 0.4) is 0 Å². The number of hydrogen-bond donors (Lipinski definition) is 0. The highest BCUT2D eigenvalue weighted by Gasteiger charge is 2.34. The minimum absolute atomic E-state index is 0.0861. The van der Waals surface area contributed by atoms with Crippen molar-refractivity contribution < 1.29 is 4.79 Å². The molecule has 1 aliphatic carbocycles. The first kappa shape index (κ1) is 10.2. The van der Waals surface area contributed by atoms with E-state index < -0.39 is 0 Å². The van der Waals surface area contributed by atoms with Crippen LogP contribution in [-0.4, -0.2) is 11.5 Å². The van der Waals surface area contributed by atoms with E-state index in [0.29, 0.717) is 5.56 Å². The molecule has 2 heteroatoms. The van der Waals surface area contributed by atoms with Gasteiger partial charge in [-0.2, -0.15) is 0 Å². The summed E-state index contributed by atoms with van der Waals surface area (Å²) in [4.78, 5) is 17.0. The van der Waals surface area contributed by atoms with Gasteiger partial charge in [-0.15, -0.1) is 0 Å². The molecule has 2 nitrogen and oxygen atoms in total. The fraction of sp³-hybridized carbons (Fsp3) is 0.200. The Balaban J connectivity index is 2.29. The second-order valence-corrected chi connectivity index (χ2v) is 4.97. The van der Waals surface area contributed by atoms with Crippen molar-refractivity contribution in [1.82, 2.24) is 0 Å². The normalized spacial score (nSPS) is 20.2. The third kappa shape index (κ3) is 1.41. The summed E-state index contributed by atoms with van der Waals surface area (Å²) in [6.45, 7) is 4.16. The van der Waals surface area contributed by atoms with Crippen LogP contribution in [0.4, 0.5) is 5.69 Å². The molecule has 0 fully saturated rings. The highest BCUT2D eigenvalue weighted by molar-refractivity contribution is 6.34. The lowest BCUT2D eigenvalue weighted by Crippen LogP contribution is -2.31. The molecule has 1 heterocycles. The van der Waals surface area contributed by atoms with Crippen molar-refractivity contribution in [3.05, 3.63) is 53.6 Å². The van der Waals surface area contributed by atoms with E-state index in [2.05, 4.69) is 24.9 Å². The molecule has 0 amide bonds. The molecule has 17 heavy (non-hydrogen) atoms. The van der Waals surface area contributed by atoms with Gasteiger partial charge in [-0.1, -0.05) is 38.1 Å². The fourth-order valence-electron chi connectivity index (χ4n) is 2.31. The first-order chi connectivity index (χ1) is 8.09. The smallest absolute Gasteiger partial charge is 0.197 e. The molecule has 0 spiro atoms. The number of aliphatic imine (C=N–C) groups is 1. The number of para-hydroxylation sites is 1. The Morgan fingerprint density at radius 3 is 2.76 bits per heavy atom. The molecule has 84 valence electrons. The Kier molecular flexibility index (Phi) is 1.96. The lowest BCUT2D eigenvalue weighted by molar-refractivity contribution is 0.103. The number of fused-ring (bicyclic) bond motifs is 2. The number of carbonyl (C=O) groups is 1. The van der Waals surface area contributed by atoms with Gasteiger partial charge >= 0.3 is 0 Å². The van der Waals surface area contributed by atoms with Gasteiger partial charge in [0, 0.05) is 16.6 Å². The van der Waals surface area contributed by atoms with Crippen LogP contribution in [0.1, 0.15) is 24.2 Å². The summed E-state index contributed by atoms with van der Waals surface area (Å²) in [5.41, 5.74) is 2.93. The number of hydrogen-bond acceptors (Lipinski definition) is 2. The van der Waals surface area contributed by atoms with Gasteiger partial charge in [0.2, 0.25) is 0 Å². The largest absolute Gasteiger partial charge is 0.288 e. The van der Waals surface area contributed by atoms with Crippen LogP contribution in [0.5, 0.6) is 0 Å². The summed E-state index contributed by atoms with van der Waals surface area (Å²) in [5, 5.41) is 0. The number of rotatable bonds is 0. The summed E-state index contributed by atoms with van der Waals surface area (Å²) in [7, 11) is 0. The fourth-order valence-corrected chi connectivity index (χ4v) is 2.31. The molecule has 1 aromatic carbocycles. The van der Waals surface area contributed by atoms with Crippen LogP contribution in [0.2, 0.25) is 0 Å². The second kappa shape index (κ2) is 3.27. The lowest BCUT2D eigenvalue weighted by Gasteiger charge is -2.30. The summed E-state index contributed by atoms with van der Waals surface area (Å²) in [6.07, 6.45) is 5.89. The summed E-state index contributed by atoms with van der Waals surface area (Å²) in [5.74, 6) is 0.0861. The maximum Gasteiger partial charge on any atom is 0.197 e. The molecule has 0 saturated carbocycles. The third-order valence-electron chi connectivity index (χ3n) is 3.27. The summed E-state index contributed by atoms with van der Waals surface area (Å²) >= 11 is 0. The van der Waals surface area contributed by atoms with E-state index in [0.717, 1.165) is 17.0 Å². The van der Waals surface area contributed by atoms with Crippen LogP contribution in [0.15, 0.2) is 53.1 Å². The van der Waals surface area contributed by atoms with Gasteiger partial charge in [-0.3, -0.25) is 9.79 Å². The second-order valence-electron chi connectivity index (χ2n) is 4.97. The molecule has 0 unspecified atom stereocenters. The van der Waals surface area contributed by atoms with E-state index in [1.807, 2.05) is 36.4 Å². The Hall–Kier alpha value is -1.96. The number of allylic oxidation sites excluding steroid dienone is 4. The summed E-state index contributed by atoms with van der Waals surface area (Å²) in [6, 6.07) is 7.52. The van der Waals surface area contributed by atoms with E-state index in [4.69, 9.17) is 0 Å². The van der Waals surface area contributed by atoms with Crippen molar-refractivity contribution in [3.63, 3.8) is 0 Å². The Morgan fingerprint density at radius 1 is 1.18 bits per heavy atom. The Labute approximate surface area is 100 Å². The molecule has 0 radical (unpaired) electrons. The number of Topliss-reactive ketones (excluding diaryl/α,β-unsaturated/α-hetero) is 1. The van der Waals surface area contributed by atoms with Crippen LogP contribution in [-0.2, 0) is 0 Å². The molecule has 1 aliphatic heterocycles. The van der Waals surface area contributed by atoms with E-state index >= 15 is 0 Å². The average Bonchev–Trinajstić information content (AvgIpc) is 2.31. The van der Waals surface area contributed by atoms with Crippen LogP contribution < -0.4 is 0 Å². The zero-order chi connectivity index (χ0) is 12.0. The highest BCUT2D eigenvalue weighted by atomic mass is 16.1. The van der Waals surface area contributed by atoms with Crippen molar-refractivity contribution in [1.29, 1.82) is 0 Å². The zero-order valence-corrected chi connectivity index (χ0v) is 9.90. The predicted octanol–water partition coefficient (Wildman–Crippen LogP) is 3.48. The van der Waals surface area contributed by atoms with E-state index in [-0.39, 0.29) is 11.2 Å². The van der Waals surface area contributed by atoms with E-state index in [1.54, 1.807) is 0 Å². The standard InChI is InChI=1S/C15H13NO/c1-15(2)9-5-7-11-13(17)10-6-3-4-8-12(10)16-14(11)15/h3-9H,1-2H3. The van der Waals surface area contributed by atoms with Crippen molar-refractivity contribution in [2.75, 3.05) is 0 Å². The zero-order valence-electron chi connectivity index (χ0n) is 9.90. The quantitative estimate of drug-likeness (QED) is 0.662. The molecule has 0 bridgehead atoms. The van der Waals surface area contributed by atoms with Crippen LogP contribution in [0, 0.1) is 5.41 Å². The lowest BCUT2D eigenvalue weighted by atomic mass is 9.76. The monoisotopic (exact) mass is 223 g/mol. The molecule has 1 aromatic rings. The maximum atomic E-state index is 12.4. The number of benzene rings is 1. The van der Waals surface area contributed by atoms with Gasteiger partial charge in [0.25, 0.3) is 0 Å². The minimum Gasteiger partial charge on any atom is -0.288 e. The van der Waals surface area contributed by atoms with Crippen molar-refractivity contribution in [2.24, 2.45) is 10.4 Å². The Morgan fingerprint density at radius 2 is 1.94 bits per heavy atom. The molecular formula is C15H13NO. The SMILES string of the molecule is CC1(C)C=CC=C2C(=O)c3ccccc3N=C21. The molecule has 0 atom stereocenters. The van der Waals surface area contributed by atoms with Crippen LogP contribution in [0.25, 0.3) is 0 Å². The molecular weight excluding hydrogens is 210 g/mol. The molecule has 0 saturated heterocycles. The predicted molar refractivity (Wildman–Crippen MR) is 68.9 cm³/mol. The topological polar surface area (TPSA) is 29.4 Å². The highest BCUT2D eigenvalue weighted by Crippen LogP contribution is 2.37.